The van der Waals surface area contributed by atoms with Gasteiger partial charge in [-0.1, -0.05) is 23.7 Å². The summed E-state index contributed by atoms with van der Waals surface area (Å²) >= 11 is 11.1. The van der Waals surface area contributed by atoms with Gasteiger partial charge in [0.25, 0.3) is 5.91 Å². The van der Waals surface area contributed by atoms with E-state index in [2.05, 4.69) is 5.32 Å². The van der Waals surface area contributed by atoms with E-state index in [-0.39, 0.29) is 5.91 Å². The summed E-state index contributed by atoms with van der Waals surface area (Å²) in [6.07, 6.45) is 3.29. The van der Waals surface area contributed by atoms with Gasteiger partial charge in [-0.3, -0.25) is 9.69 Å². The van der Waals surface area contributed by atoms with Crippen molar-refractivity contribution < 1.29 is 9.21 Å². The third-order valence-electron chi connectivity index (χ3n) is 3.02. The molecule has 4 nitrogen and oxygen atoms in total. The van der Waals surface area contributed by atoms with Crippen molar-refractivity contribution in [2.24, 2.45) is 0 Å². The number of carbonyl (C=O) groups excluding carboxylic acids is 1. The van der Waals surface area contributed by atoms with Crippen molar-refractivity contribution >= 4 is 40.9 Å². The molecule has 0 bridgehead atoms. The van der Waals surface area contributed by atoms with Crippen molar-refractivity contribution in [3.63, 3.8) is 0 Å². The first-order chi connectivity index (χ1) is 10.1. The Morgan fingerprint density at radius 3 is 2.90 bits per heavy atom. The van der Waals surface area contributed by atoms with Gasteiger partial charge in [-0.05, 0) is 48.1 Å². The first kappa shape index (κ1) is 13.9. The van der Waals surface area contributed by atoms with E-state index in [1.165, 1.54) is 4.90 Å². The molecule has 1 amide bonds. The molecule has 106 valence electrons. The molecule has 1 N–H and O–H groups in total. The van der Waals surface area contributed by atoms with E-state index in [1.54, 1.807) is 36.6 Å². The van der Waals surface area contributed by atoms with Crippen molar-refractivity contribution in [1.29, 1.82) is 0 Å². The van der Waals surface area contributed by atoms with Crippen LogP contribution in [0.5, 0.6) is 0 Å². The maximum atomic E-state index is 12.4. The Kier molecular flexibility index (Phi) is 3.77. The zero-order valence-corrected chi connectivity index (χ0v) is 12.4. The van der Waals surface area contributed by atoms with Crippen LogP contribution < -0.4 is 5.32 Å². The Bertz CT molecular complexity index is 725. The smallest absolute Gasteiger partial charge is 0.276 e. The predicted molar refractivity (Wildman–Crippen MR) is 84.4 cm³/mol. The van der Waals surface area contributed by atoms with Crippen LogP contribution in [0.15, 0.2) is 52.8 Å². The van der Waals surface area contributed by atoms with E-state index < -0.39 is 0 Å². The Morgan fingerprint density at radius 2 is 2.19 bits per heavy atom. The normalized spacial score (nSPS) is 16.6. The average molecular weight is 319 g/mol. The molecule has 0 aliphatic carbocycles. The minimum Gasteiger partial charge on any atom is -0.467 e. The maximum absolute atomic E-state index is 12.4. The molecule has 21 heavy (non-hydrogen) atoms. The van der Waals surface area contributed by atoms with E-state index in [1.807, 2.05) is 12.1 Å². The van der Waals surface area contributed by atoms with Gasteiger partial charge in [0.1, 0.15) is 11.5 Å². The first-order valence-corrected chi connectivity index (χ1v) is 7.04. The van der Waals surface area contributed by atoms with Crippen LogP contribution in [0.4, 0.5) is 0 Å². The fourth-order valence-corrected chi connectivity index (χ4v) is 2.49. The molecular formula is C15H11ClN2O2S. The molecule has 3 rings (SSSR count). The number of nitrogens with one attached hydrogen (secondary N) is 1. The molecule has 1 aliphatic rings. The minimum absolute atomic E-state index is 0.184. The third kappa shape index (κ3) is 2.99. The standard InChI is InChI=1S/C15H11ClN2O2S/c16-11-4-1-3-10(7-11)8-13-14(19)18(15(21)17-13)9-12-5-2-6-20-12/h1-8H,9H2,(H,17,21)/b13-8+. The summed E-state index contributed by atoms with van der Waals surface area (Å²) in [6.45, 7) is 0.310. The van der Waals surface area contributed by atoms with Crippen molar-refractivity contribution in [3.05, 3.63) is 64.7 Å². The number of carbonyl (C=O) groups is 1. The fourth-order valence-electron chi connectivity index (χ4n) is 2.04. The topological polar surface area (TPSA) is 45.5 Å². The SMILES string of the molecule is O=C1/C(=C\c2cccc(Cl)c2)NC(=S)N1Cc1ccco1. The van der Waals surface area contributed by atoms with Gasteiger partial charge >= 0.3 is 0 Å². The van der Waals surface area contributed by atoms with Gasteiger partial charge < -0.3 is 9.73 Å². The van der Waals surface area contributed by atoms with E-state index in [0.29, 0.717) is 28.1 Å². The number of halogens is 1. The lowest BCUT2D eigenvalue weighted by Crippen LogP contribution is -2.29. The quantitative estimate of drug-likeness (QED) is 0.697. The highest BCUT2D eigenvalue weighted by atomic mass is 35.5. The lowest BCUT2D eigenvalue weighted by molar-refractivity contribution is -0.122. The third-order valence-corrected chi connectivity index (χ3v) is 3.57. The number of benzene rings is 1. The van der Waals surface area contributed by atoms with E-state index >= 15 is 0 Å². The van der Waals surface area contributed by atoms with Crippen LogP contribution in [0.2, 0.25) is 5.02 Å². The fraction of sp³-hybridized carbons (Fsp3) is 0.0667. The molecule has 6 heteroatoms. The van der Waals surface area contributed by atoms with Crippen molar-refractivity contribution in [2.75, 3.05) is 0 Å². The number of rotatable bonds is 3. The van der Waals surface area contributed by atoms with Crippen LogP contribution in [0.1, 0.15) is 11.3 Å². The second-order valence-corrected chi connectivity index (χ2v) is 5.34. The Labute approximate surface area is 132 Å². The Hall–Kier alpha value is -2.11. The summed E-state index contributed by atoms with van der Waals surface area (Å²) in [4.78, 5) is 13.8. The molecule has 1 aromatic carbocycles. The number of nitrogens with zero attached hydrogens (tertiary/aromatic N) is 1. The number of thiocarbonyl (C=S) groups is 1. The van der Waals surface area contributed by atoms with Gasteiger partial charge in [0.05, 0.1) is 12.8 Å². The molecule has 1 saturated heterocycles. The lowest BCUT2D eigenvalue weighted by Gasteiger charge is -2.11. The molecule has 0 atom stereocenters. The van der Waals surface area contributed by atoms with Crippen LogP contribution in [0.25, 0.3) is 6.08 Å². The summed E-state index contributed by atoms with van der Waals surface area (Å²) in [5, 5.41) is 3.90. The number of hydrogen-bond donors (Lipinski definition) is 1. The zero-order valence-electron chi connectivity index (χ0n) is 10.9. The van der Waals surface area contributed by atoms with Crippen molar-refractivity contribution in [3.8, 4) is 0 Å². The predicted octanol–water partition coefficient (Wildman–Crippen LogP) is 3.19. The van der Waals surface area contributed by atoms with E-state index in [4.69, 9.17) is 28.2 Å². The van der Waals surface area contributed by atoms with Crippen LogP contribution in [-0.2, 0) is 11.3 Å². The van der Waals surface area contributed by atoms with Crippen LogP contribution >= 0.6 is 23.8 Å². The van der Waals surface area contributed by atoms with E-state index in [0.717, 1.165) is 5.56 Å². The van der Waals surface area contributed by atoms with Crippen LogP contribution in [0, 0.1) is 0 Å². The van der Waals surface area contributed by atoms with Gasteiger partial charge in [0.2, 0.25) is 0 Å². The van der Waals surface area contributed by atoms with Crippen LogP contribution in [0.3, 0.4) is 0 Å². The summed E-state index contributed by atoms with van der Waals surface area (Å²) in [5.41, 5.74) is 1.26. The highest BCUT2D eigenvalue weighted by molar-refractivity contribution is 7.80. The van der Waals surface area contributed by atoms with Gasteiger partial charge in [-0.25, -0.2) is 0 Å². The molecule has 0 saturated carbocycles. The number of amides is 1. The summed E-state index contributed by atoms with van der Waals surface area (Å²) in [6, 6.07) is 10.8. The van der Waals surface area contributed by atoms with Gasteiger partial charge in [-0.2, -0.15) is 0 Å². The summed E-state index contributed by atoms with van der Waals surface area (Å²) in [7, 11) is 0. The average Bonchev–Trinajstić information content (AvgIpc) is 3.04. The summed E-state index contributed by atoms with van der Waals surface area (Å²) in [5.74, 6) is 0.493. The molecule has 1 fully saturated rings. The lowest BCUT2D eigenvalue weighted by atomic mass is 10.2. The monoisotopic (exact) mass is 318 g/mol. The highest BCUT2D eigenvalue weighted by Crippen LogP contribution is 2.19. The second kappa shape index (κ2) is 5.71. The largest absolute Gasteiger partial charge is 0.467 e. The molecule has 1 aliphatic heterocycles. The van der Waals surface area contributed by atoms with E-state index in [9.17, 15) is 4.79 Å². The number of hydrogen-bond acceptors (Lipinski definition) is 3. The van der Waals surface area contributed by atoms with Gasteiger partial charge in [0, 0.05) is 5.02 Å². The maximum Gasteiger partial charge on any atom is 0.276 e. The number of furan rings is 1. The molecule has 0 unspecified atom stereocenters. The molecule has 0 spiro atoms. The highest BCUT2D eigenvalue weighted by Gasteiger charge is 2.31. The Balaban J connectivity index is 1.83. The molecule has 0 radical (unpaired) electrons. The Morgan fingerprint density at radius 1 is 1.33 bits per heavy atom. The van der Waals surface area contributed by atoms with Crippen molar-refractivity contribution in [1.82, 2.24) is 10.2 Å². The molecular weight excluding hydrogens is 308 g/mol. The summed E-state index contributed by atoms with van der Waals surface area (Å²) < 4.78 is 5.24. The first-order valence-electron chi connectivity index (χ1n) is 6.26. The van der Waals surface area contributed by atoms with Crippen molar-refractivity contribution in [2.45, 2.75) is 6.54 Å². The molecule has 1 aromatic heterocycles. The minimum atomic E-state index is -0.184. The van der Waals surface area contributed by atoms with Gasteiger partial charge in [0.15, 0.2) is 5.11 Å². The molecule has 2 heterocycles. The zero-order chi connectivity index (χ0) is 14.8. The second-order valence-electron chi connectivity index (χ2n) is 4.51. The van der Waals surface area contributed by atoms with Crippen LogP contribution in [-0.4, -0.2) is 15.9 Å². The molecule has 2 aromatic rings. The van der Waals surface area contributed by atoms with Gasteiger partial charge in [-0.15, -0.1) is 0 Å².